The maximum absolute atomic E-state index is 12.9. The van der Waals surface area contributed by atoms with Gasteiger partial charge >= 0.3 is 6.61 Å². The van der Waals surface area contributed by atoms with Crippen LogP contribution in [-0.4, -0.2) is 38.1 Å². The summed E-state index contributed by atoms with van der Waals surface area (Å²) in [4.78, 5) is 13.9. The SMILES string of the molecule is COc1cc(CN(C)CCC(=O)Nc2ccc(F)cc2)ccc1OC(F)F. The van der Waals surface area contributed by atoms with E-state index < -0.39 is 6.61 Å². The van der Waals surface area contributed by atoms with Gasteiger partial charge in [0.15, 0.2) is 11.5 Å². The van der Waals surface area contributed by atoms with E-state index in [1.165, 1.54) is 37.4 Å². The molecule has 2 rings (SSSR count). The first-order chi connectivity index (χ1) is 12.9. The van der Waals surface area contributed by atoms with Crippen molar-refractivity contribution in [2.75, 3.05) is 26.0 Å². The minimum Gasteiger partial charge on any atom is -0.493 e. The number of carbonyl (C=O) groups excluding carboxylic acids is 1. The van der Waals surface area contributed by atoms with Crippen molar-refractivity contribution in [3.05, 3.63) is 53.8 Å². The summed E-state index contributed by atoms with van der Waals surface area (Å²) in [7, 11) is 3.21. The molecule has 0 bridgehead atoms. The number of rotatable bonds is 9. The number of ether oxygens (including phenoxy) is 2. The Hall–Kier alpha value is -2.74. The smallest absolute Gasteiger partial charge is 0.387 e. The summed E-state index contributed by atoms with van der Waals surface area (Å²) in [5.41, 5.74) is 1.36. The van der Waals surface area contributed by atoms with E-state index >= 15 is 0 Å². The highest BCUT2D eigenvalue weighted by Crippen LogP contribution is 2.29. The molecule has 0 saturated carbocycles. The molecule has 0 heterocycles. The Kier molecular flexibility index (Phi) is 7.48. The molecule has 0 aliphatic carbocycles. The van der Waals surface area contributed by atoms with E-state index in [9.17, 15) is 18.0 Å². The first-order valence-electron chi connectivity index (χ1n) is 8.23. The lowest BCUT2D eigenvalue weighted by Gasteiger charge is -2.18. The maximum Gasteiger partial charge on any atom is 0.387 e. The zero-order valence-corrected chi connectivity index (χ0v) is 15.0. The van der Waals surface area contributed by atoms with Gasteiger partial charge in [-0.15, -0.1) is 0 Å². The number of nitrogens with one attached hydrogen (secondary N) is 1. The van der Waals surface area contributed by atoms with E-state index in [4.69, 9.17) is 4.74 Å². The first-order valence-corrected chi connectivity index (χ1v) is 8.23. The minimum atomic E-state index is -2.92. The lowest BCUT2D eigenvalue weighted by Crippen LogP contribution is -2.24. The molecule has 0 radical (unpaired) electrons. The first kappa shape index (κ1) is 20.6. The van der Waals surface area contributed by atoms with E-state index in [1.807, 2.05) is 11.9 Å². The van der Waals surface area contributed by atoms with Crippen LogP contribution in [0, 0.1) is 5.82 Å². The van der Waals surface area contributed by atoms with Crippen LogP contribution in [0.4, 0.5) is 18.9 Å². The molecule has 146 valence electrons. The number of hydrogen-bond donors (Lipinski definition) is 1. The van der Waals surface area contributed by atoms with Gasteiger partial charge in [-0.05, 0) is 49.0 Å². The highest BCUT2D eigenvalue weighted by atomic mass is 19.3. The summed E-state index contributed by atoms with van der Waals surface area (Å²) in [6, 6.07) is 10.2. The molecule has 27 heavy (non-hydrogen) atoms. The van der Waals surface area contributed by atoms with Crippen LogP contribution in [0.3, 0.4) is 0 Å². The van der Waals surface area contributed by atoms with Crippen molar-refractivity contribution in [2.24, 2.45) is 0 Å². The zero-order chi connectivity index (χ0) is 19.8. The Labute approximate surface area is 155 Å². The van der Waals surface area contributed by atoms with Crippen LogP contribution in [-0.2, 0) is 11.3 Å². The van der Waals surface area contributed by atoms with Crippen LogP contribution < -0.4 is 14.8 Å². The average molecular weight is 382 g/mol. The summed E-state index contributed by atoms with van der Waals surface area (Å²) in [5, 5.41) is 2.69. The molecule has 0 spiro atoms. The van der Waals surface area contributed by atoms with Gasteiger partial charge in [-0.25, -0.2) is 4.39 Å². The summed E-state index contributed by atoms with van der Waals surface area (Å²) in [6.07, 6.45) is 0.248. The van der Waals surface area contributed by atoms with Gasteiger partial charge < -0.3 is 19.7 Å². The molecule has 0 atom stereocenters. The number of alkyl halides is 2. The monoisotopic (exact) mass is 382 g/mol. The Morgan fingerprint density at radius 2 is 1.85 bits per heavy atom. The quantitative estimate of drug-likeness (QED) is 0.715. The van der Waals surface area contributed by atoms with Gasteiger partial charge in [-0.3, -0.25) is 4.79 Å². The molecule has 0 fully saturated rings. The molecular weight excluding hydrogens is 361 g/mol. The molecule has 0 saturated heterocycles. The van der Waals surface area contributed by atoms with Crippen molar-refractivity contribution >= 4 is 11.6 Å². The van der Waals surface area contributed by atoms with Gasteiger partial charge in [0.1, 0.15) is 5.82 Å². The maximum atomic E-state index is 12.9. The van der Waals surface area contributed by atoms with E-state index in [-0.39, 0.29) is 29.6 Å². The second-order valence-corrected chi connectivity index (χ2v) is 5.91. The van der Waals surface area contributed by atoms with Crippen molar-refractivity contribution in [2.45, 2.75) is 19.6 Å². The molecule has 1 N–H and O–H groups in total. The van der Waals surface area contributed by atoms with Crippen LogP contribution in [0.25, 0.3) is 0 Å². The number of benzene rings is 2. The third-order valence-electron chi connectivity index (χ3n) is 3.75. The molecule has 8 heteroatoms. The van der Waals surface area contributed by atoms with Gasteiger partial charge in [0.2, 0.25) is 5.91 Å². The fourth-order valence-electron chi connectivity index (χ4n) is 2.44. The zero-order valence-electron chi connectivity index (χ0n) is 15.0. The molecule has 0 unspecified atom stereocenters. The third-order valence-corrected chi connectivity index (χ3v) is 3.75. The van der Waals surface area contributed by atoms with Crippen molar-refractivity contribution < 1.29 is 27.4 Å². The Morgan fingerprint density at radius 3 is 2.48 bits per heavy atom. The second-order valence-electron chi connectivity index (χ2n) is 5.91. The topological polar surface area (TPSA) is 50.8 Å². The van der Waals surface area contributed by atoms with Crippen LogP contribution in [0.2, 0.25) is 0 Å². The molecule has 2 aromatic rings. The second kappa shape index (κ2) is 9.82. The highest BCUT2D eigenvalue weighted by molar-refractivity contribution is 5.90. The van der Waals surface area contributed by atoms with Gasteiger partial charge in [0.25, 0.3) is 0 Å². The molecule has 0 aliphatic heterocycles. The number of amides is 1. The molecule has 1 amide bonds. The minimum absolute atomic E-state index is 0.0300. The standard InChI is InChI=1S/C19H21F3N2O3/c1-24(10-9-18(25)23-15-6-4-14(20)5-7-15)12-13-3-8-16(27-19(21)22)17(11-13)26-2/h3-8,11,19H,9-10,12H2,1-2H3,(H,23,25). The molecule has 0 aliphatic rings. The van der Waals surface area contributed by atoms with Crippen molar-refractivity contribution in [3.8, 4) is 11.5 Å². The third kappa shape index (κ3) is 6.82. The summed E-state index contributed by atoms with van der Waals surface area (Å²) >= 11 is 0. The summed E-state index contributed by atoms with van der Waals surface area (Å²) in [5.74, 6) is -0.368. The summed E-state index contributed by atoms with van der Waals surface area (Å²) < 4.78 is 47.0. The van der Waals surface area contributed by atoms with E-state index in [0.29, 0.717) is 18.8 Å². The highest BCUT2D eigenvalue weighted by Gasteiger charge is 2.12. The Balaban J connectivity index is 1.85. The van der Waals surface area contributed by atoms with Gasteiger partial charge in [-0.2, -0.15) is 8.78 Å². The number of halogens is 3. The van der Waals surface area contributed by atoms with Gasteiger partial charge in [0, 0.05) is 25.2 Å². The fraction of sp³-hybridized carbons (Fsp3) is 0.316. The van der Waals surface area contributed by atoms with E-state index in [2.05, 4.69) is 10.1 Å². The van der Waals surface area contributed by atoms with Gasteiger partial charge in [0.05, 0.1) is 7.11 Å². The number of anilines is 1. The average Bonchev–Trinajstić information content (AvgIpc) is 2.63. The Bertz CT molecular complexity index is 754. The number of nitrogens with zero attached hydrogens (tertiary/aromatic N) is 1. The largest absolute Gasteiger partial charge is 0.493 e. The van der Waals surface area contributed by atoms with Crippen LogP contribution in [0.15, 0.2) is 42.5 Å². The summed E-state index contributed by atoms with van der Waals surface area (Å²) in [6.45, 7) is -1.95. The normalized spacial score (nSPS) is 10.9. The molecule has 0 aromatic heterocycles. The molecule has 5 nitrogen and oxygen atoms in total. The lowest BCUT2D eigenvalue weighted by molar-refractivity contribution is -0.116. The molecular formula is C19H21F3N2O3. The van der Waals surface area contributed by atoms with E-state index in [0.717, 1.165) is 5.56 Å². The van der Waals surface area contributed by atoms with Crippen molar-refractivity contribution in [1.82, 2.24) is 4.90 Å². The Morgan fingerprint density at radius 1 is 1.15 bits per heavy atom. The van der Waals surface area contributed by atoms with Crippen LogP contribution in [0.5, 0.6) is 11.5 Å². The molecule has 2 aromatic carbocycles. The predicted molar refractivity (Wildman–Crippen MR) is 95.6 cm³/mol. The van der Waals surface area contributed by atoms with Crippen molar-refractivity contribution in [3.63, 3.8) is 0 Å². The van der Waals surface area contributed by atoms with E-state index in [1.54, 1.807) is 12.1 Å². The number of hydrogen-bond acceptors (Lipinski definition) is 4. The van der Waals surface area contributed by atoms with Gasteiger partial charge in [-0.1, -0.05) is 6.07 Å². The number of carbonyl (C=O) groups is 1. The lowest BCUT2D eigenvalue weighted by atomic mass is 10.2. The predicted octanol–water partition coefficient (Wildman–Crippen LogP) is 3.90. The van der Waals surface area contributed by atoms with Crippen molar-refractivity contribution in [1.29, 1.82) is 0 Å². The number of methoxy groups -OCH3 is 1. The fourth-order valence-corrected chi connectivity index (χ4v) is 2.44. The van der Waals surface area contributed by atoms with Crippen LogP contribution in [0.1, 0.15) is 12.0 Å². The van der Waals surface area contributed by atoms with Crippen LogP contribution >= 0.6 is 0 Å².